The Morgan fingerprint density at radius 1 is 1.15 bits per heavy atom. The number of rotatable bonds is 7. The van der Waals surface area contributed by atoms with Crippen molar-refractivity contribution in [1.29, 1.82) is 0 Å². The van der Waals surface area contributed by atoms with Crippen LogP contribution in [0.2, 0.25) is 0 Å². The molecule has 0 bridgehead atoms. The minimum absolute atomic E-state index is 0.359. The van der Waals surface area contributed by atoms with Crippen LogP contribution in [0, 0.1) is 5.92 Å². The van der Waals surface area contributed by atoms with Gasteiger partial charge in [0.15, 0.2) is 0 Å². The molecule has 1 N–H and O–H groups in total. The average Bonchev–Trinajstić information content (AvgIpc) is 3.20. The molecule has 2 fully saturated rings. The molecule has 0 atom stereocenters. The van der Waals surface area contributed by atoms with Gasteiger partial charge < -0.3 is 19.3 Å². The summed E-state index contributed by atoms with van der Waals surface area (Å²) < 4.78 is 10.8. The molecule has 0 spiro atoms. The minimum atomic E-state index is 0.359. The molecule has 1 aliphatic heterocycles. The monoisotopic (exact) mass is 361 g/mol. The van der Waals surface area contributed by atoms with Gasteiger partial charge in [-0.25, -0.2) is 0 Å². The van der Waals surface area contributed by atoms with E-state index in [4.69, 9.17) is 9.47 Å². The number of nitrogens with one attached hydrogen (secondary N) is 1. The molecule has 1 aromatic carbocycles. The molecule has 1 aromatic rings. The molecule has 2 aliphatic rings. The summed E-state index contributed by atoms with van der Waals surface area (Å²) in [4.78, 5) is 16.1. The summed E-state index contributed by atoms with van der Waals surface area (Å²) in [6.07, 6.45) is 7.20. The van der Waals surface area contributed by atoms with Gasteiger partial charge in [0.2, 0.25) is 5.91 Å². The number of amides is 1. The van der Waals surface area contributed by atoms with Crippen molar-refractivity contribution in [2.45, 2.75) is 45.1 Å². The van der Waals surface area contributed by atoms with Crippen LogP contribution in [0.25, 0.3) is 0 Å². The van der Waals surface area contributed by atoms with Crippen LogP contribution < -0.4 is 14.4 Å². The zero-order valence-corrected chi connectivity index (χ0v) is 16.3. The van der Waals surface area contributed by atoms with E-state index in [9.17, 15) is 4.79 Å². The van der Waals surface area contributed by atoms with Crippen LogP contribution in [-0.2, 0) is 11.3 Å². The number of piperazine rings is 1. The summed E-state index contributed by atoms with van der Waals surface area (Å²) in [5, 5.41) is 0. The van der Waals surface area contributed by atoms with Crippen LogP contribution in [0.4, 0.5) is 0 Å². The highest BCUT2D eigenvalue weighted by molar-refractivity contribution is 5.76. The maximum absolute atomic E-state index is 12.5. The first kappa shape index (κ1) is 19.0. The summed E-state index contributed by atoms with van der Waals surface area (Å²) in [5.41, 5.74) is 1.20. The minimum Gasteiger partial charge on any atom is -0.497 e. The zero-order chi connectivity index (χ0) is 18.4. The first-order valence-electron chi connectivity index (χ1n) is 10.0. The molecule has 0 unspecified atom stereocenters. The molecule has 3 rings (SSSR count). The van der Waals surface area contributed by atoms with Crippen molar-refractivity contribution in [2.24, 2.45) is 5.92 Å². The number of carbonyl (C=O) groups is 1. The Balaban J connectivity index is 1.45. The second kappa shape index (κ2) is 9.26. The Hall–Kier alpha value is -1.75. The topological polar surface area (TPSA) is 43.2 Å². The van der Waals surface area contributed by atoms with Crippen molar-refractivity contribution in [3.05, 3.63) is 23.8 Å². The number of hydrogen-bond acceptors (Lipinski definition) is 3. The van der Waals surface area contributed by atoms with Gasteiger partial charge >= 0.3 is 0 Å². The second-order valence-corrected chi connectivity index (χ2v) is 7.67. The highest BCUT2D eigenvalue weighted by Crippen LogP contribution is 2.28. The third-order valence-corrected chi connectivity index (χ3v) is 6.00. The second-order valence-electron chi connectivity index (χ2n) is 7.67. The molecular weight excluding hydrogens is 328 g/mol. The molecule has 5 nitrogen and oxygen atoms in total. The lowest BCUT2D eigenvalue weighted by atomic mass is 10.0. The predicted molar refractivity (Wildman–Crippen MR) is 102 cm³/mol. The van der Waals surface area contributed by atoms with E-state index in [0.717, 1.165) is 63.0 Å². The molecule has 1 amide bonds. The first-order valence-corrected chi connectivity index (χ1v) is 10.0. The van der Waals surface area contributed by atoms with Gasteiger partial charge in [0.05, 0.1) is 40.4 Å². The van der Waals surface area contributed by atoms with Crippen molar-refractivity contribution >= 4 is 5.91 Å². The number of quaternary nitrogens is 1. The van der Waals surface area contributed by atoms with E-state index < -0.39 is 0 Å². The largest absolute Gasteiger partial charge is 0.497 e. The maximum atomic E-state index is 12.5. The molecule has 1 saturated heterocycles. The zero-order valence-electron chi connectivity index (χ0n) is 16.3. The van der Waals surface area contributed by atoms with Gasteiger partial charge in [-0.1, -0.05) is 25.7 Å². The van der Waals surface area contributed by atoms with E-state index in [0.29, 0.717) is 5.91 Å². The number of nitrogens with zero attached hydrogens (tertiary/aromatic N) is 1. The van der Waals surface area contributed by atoms with Crippen molar-refractivity contribution < 1.29 is 19.2 Å². The molecule has 1 aliphatic carbocycles. The number of carbonyl (C=O) groups excluding carboxylic acids is 1. The Bertz CT molecular complexity index is 591. The van der Waals surface area contributed by atoms with Crippen molar-refractivity contribution in [3.8, 4) is 11.5 Å². The molecule has 26 heavy (non-hydrogen) atoms. The molecule has 1 saturated carbocycles. The Morgan fingerprint density at radius 2 is 1.88 bits per heavy atom. The fourth-order valence-electron chi connectivity index (χ4n) is 4.30. The third-order valence-electron chi connectivity index (χ3n) is 6.00. The number of benzene rings is 1. The standard InChI is InChI=1S/C21H32N2O3/c1-25-19-9-8-18(20(15-19)26-2)16-22-11-13-23(14-12-22)21(24)10-7-17-5-3-4-6-17/h8-9,15,17H,3-7,10-14,16H2,1-2H3/p+1. The van der Waals surface area contributed by atoms with Crippen molar-refractivity contribution in [2.75, 3.05) is 40.4 Å². The lowest BCUT2D eigenvalue weighted by molar-refractivity contribution is -0.917. The van der Waals surface area contributed by atoms with Crippen LogP contribution in [0.1, 0.15) is 44.1 Å². The van der Waals surface area contributed by atoms with E-state index >= 15 is 0 Å². The lowest BCUT2D eigenvalue weighted by Crippen LogP contribution is -3.13. The predicted octanol–water partition coefficient (Wildman–Crippen LogP) is 1.90. The lowest BCUT2D eigenvalue weighted by Gasteiger charge is -2.32. The smallest absolute Gasteiger partial charge is 0.222 e. The van der Waals surface area contributed by atoms with Crippen LogP contribution in [-0.4, -0.2) is 51.2 Å². The van der Waals surface area contributed by atoms with E-state index in [-0.39, 0.29) is 0 Å². The normalized spacial score (nSPS) is 18.9. The number of methoxy groups -OCH3 is 2. The summed E-state index contributed by atoms with van der Waals surface area (Å²) in [6, 6.07) is 6.02. The Morgan fingerprint density at radius 3 is 2.54 bits per heavy atom. The van der Waals surface area contributed by atoms with Gasteiger partial charge in [-0.05, 0) is 24.5 Å². The summed E-state index contributed by atoms with van der Waals surface area (Å²) >= 11 is 0. The average molecular weight is 362 g/mol. The van der Waals surface area contributed by atoms with Gasteiger partial charge in [-0.2, -0.15) is 0 Å². The van der Waals surface area contributed by atoms with E-state index in [1.807, 2.05) is 12.1 Å². The number of hydrogen-bond donors (Lipinski definition) is 1. The maximum Gasteiger partial charge on any atom is 0.222 e. The van der Waals surface area contributed by atoms with Crippen LogP contribution >= 0.6 is 0 Å². The van der Waals surface area contributed by atoms with Gasteiger partial charge in [0.1, 0.15) is 18.0 Å². The van der Waals surface area contributed by atoms with E-state index in [1.165, 1.54) is 36.1 Å². The molecule has 144 valence electrons. The first-order chi connectivity index (χ1) is 12.7. The summed E-state index contributed by atoms with van der Waals surface area (Å²) in [7, 11) is 3.37. The summed E-state index contributed by atoms with van der Waals surface area (Å²) in [6.45, 7) is 4.68. The van der Waals surface area contributed by atoms with Gasteiger partial charge in [-0.3, -0.25) is 4.79 Å². The van der Waals surface area contributed by atoms with Crippen LogP contribution in [0.3, 0.4) is 0 Å². The SMILES string of the molecule is COc1ccc(C[NH+]2CCN(C(=O)CCC3CCCC3)CC2)c(OC)c1. The number of ether oxygens (including phenoxy) is 2. The van der Waals surface area contributed by atoms with E-state index in [1.54, 1.807) is 14.2 Å². The van der Waals surface area contributed by atoms with Crippen molar-refractivity contribution in [3.63, 3.8) is 0 Å². The Labute approximate surface area is 157 Å². The van der Waals surface area contributed by atoms with Crippen LogP contribution in [0.5, 0.6) is 11.5 Å². The molecule has 1 heterocycles. The summed E-state index contributed by atoms with van der Waals surface area (Å²) in [5.74, 6) is 2.86. The molecule has 0 radical (unpaired) electrons. The highest BCUT2D eigenvalue weighted by atomic mass is 16.5. The van der Waals surface area contributed by atoms with Gasteiger partial charge in [0.25, 0.3) is 0 Å². The third kappa shape index (κ3) is 4.91. The van der Waals surface area contributed by atoms with Gasteiger partial charge in [0, 0.05) is 18.1 Å². The molecular formula is C21H33N2O3+. The van der Waals surface area contributed by atoms with E-state index in [2.05, 4.69) is 11.0 Å². The molecule has 0 aromatic heterocycles. The molecule has 5 heteroatoms. The van der Waals surface area contributed by atoms with Crippen LogP contribution in [0.15, 0.2) is 18.2 Å². The fraction of sp³-hybridized carbons (Fsp3) is 0.667. The highest BCUT2D eigenvalue weighted by Gasteiger charge is 2.25. The Kier molecular flexibility index (Phi) is 6.78. The fourth-order valence-corrected chi connectivity index (χ4v) is 4.30. The van der Waals surface area contributed by atoms with Crippen molar-refractivity contribution in [1.82, 2.24) is 4.90 Å². The quantitative estimate of drug-likeness (QED) is 0.807. The van der Waals surface area contributed by atoms with Gasteiger partial charge in [-0.15, -0.1) is 0 Å².